The van der Waals surface area contributed by atoms with Gasteiger partial charge in [0.15, 0.2) is 6.61 Å². The van der Waals surface area contributed by atoms with Crippen LogP contribution in [0.3, 0.4) is 0 Å². The van der Waals surface area contributed by atoms with Crippen molar-refractivity contribution in [1.29, 1.82) is 0 Å². The third kappa shape index (κ3) is 8.56. The molecule has 1 aromatic carbocycles. The first-order valence-corrected chi connectivity index (χ1v) is 12.6. The summed E-state index contributed by atoms with van der Waals surface area (Å²) >= 11 is 1.07. The molecule has 15 heteroatoms. The molecule has 0 bridgehead atoms. The van der Waals surface area contributed by atoms with E-state index in [1.54, 1.807) is 20.2 Å². The van der Waals surface area contributed by atoms with Crippen LogP contribution in [-0.2, 0) is 16.1 Å². The van der Waals surface area contributed by atoms with Gasteiger partial charge >= 0.3 is 12.3 Å². The molecular formula is C25H26F3N5O6S. The number of amides is 3. The Morgan fingerprint density at radius 3 is 2.65 bits per heavy atom. The van der Waals surface area contributed by atoms with E-state index < -0.39 is 36.4 Å². The second kappa shape index (κ2) is 13.1. The highest BCUT2D eigenvalue weighted by Gasteiger charge is 2.29. The van der Waals surface area contributed by atoms with Crippen LogP contribution in [0.1, 0.15) is 17.8 Å². The van der Waals surface area contributed by atoms with Gasteiger partial charge in [0.1, 0.15) is 22.5 Å². The lowest BCUT2D eigenvalue weighted by Gasteiger charge is -2.16. The number of carbonyl (C=O) groups excluding carboxylic acids is 2. The maximum atomic E-state index is 13.0. The molecule has 2 heterocycles. The summed E-state index contributed by atoms with van der Waals surface area (Å²) < 4.78 is 44.3. The average Bonchev–Trinajstić information content (AvgIpc) is 3.29. The summed E-state index contributed by atoms with van der Waals surface area (Å²) in [7, 11) is 3.14. The van der Waals surface area contributed by atoms with Gasteiger partial charge in [-0.1, -0.05) is 12.1 Å². The summed E-state index contributed by atoms with van der Waals surface area (Å²) in [6.45, 7) is -1.50. The lowest BCUT2D eigenvalue weighted by molar-refractivity contribution is -0.153. The molecule has 0 fully saturated rings. The molecule has 0 saturated heterocycles. The number of hydrogen-bond donors (Lipinski definition) is 3. The molecule has 2 aromatic heterocycles. The summed E-state index contributed by atoms with van der Waals surface area (Å²) in [6.07, 6.45) is -1.44. The topological polar surface area (TPSA) is 143 Å². The maximum Gasteiger partial charge on any atom is 0.422 e. The lowest BCUT2D eigenvalue weighted by Crippen LogP contribution is -2.44. The Balaban J connectivity index is 1.74. The molecule has 1 atom stereocenters. The number of rotatable bonds is 11. The number of aromatic nitrogens is 2. The first kappa shape index (κ1) is 30.1. The lowest BCUT2D eigenvalue weighted by atomic mass is 10.1. The van der Waals surface area contributed by atoms with Gasteiger partial charge in [-0.15, -0.1) is 11.3 Å². The van der Waals surface area contributed by atoms with Gasteiger partial charge in [-0.2, -0.15) is 13.2 Å². The molecule has 11 nitrogen and oxygen atoms in total. The highest BCUT2D eigenvalue weighted by Crippen LogP contribution is 2.32. The number of carboxylic acid groups (broad SMARTS) is 1. The fraction of sp³-hybridized carbons (Fsp3) is 0.320. The second-order valence-corrected chi connectivity index (χ2v) is 9.76. The number of hydrogen-bond acceptors (Lipinski definition) is 7. The number of allylic oxidation sites excluding steroid dienone is 1. The number of nitrogens with one attached hydrogen (secondary N) is 2. The molecule has 0 radical (unpaired) electrons. The monoisotopic (exact) mass is 581 g/mol. The number of fused-ring (bicyclic) bond motifs is 1. The van der Waals surface area contributed by atoms with Crippen molar-refractivity contribution in [2.45, 2.75) is 31.6 Å². The molecule has 0 spiro atoms. The molecule has 3 rings (SSSR count). The van der Waals surface area contributed by atoms with Crippen molar-refractivity contribution in [2.75, 3.05) is 26.0 Å². The van der Waals surface area contributed by atoms with Gasteiger partial charge in [-0.05, 0) is 43.2 Å². The SMILES string of the molecule is CN(C)C(=O)C=CCCC(NC(=O)O)C(=O)Nc1cccn(Cc2nc3cccc(OCC(F)(F)F)c3s2)c1=O. The van der Waals surface area contributed by atoms with Gasteiger partial charge in [0.05, 0.1) is 16.8 Å². The largest absolute Gasteiger partial charge is 0.483 e. The zero-order valence-corrected chi connectivity index (χ0v) is 22.2. The Hall–Kier alpha value is -4.40. The van der Waals surface area contributed by atoms with Crippen molar-refractivity contribution >= 4 is 45.1 Å². The van der Waals surface area contributed by atoms with Crippen LogP contribution < -0.4 is 20.9 Å². The molecule has 0 aliphatic heterocycles. The van der Waals surface area contributed by atoms with Gasteiger partial charge < -0.3 is 29.9 Å². The Labute approximate surface area is 229 Å². The van der Waals surface area contributed by atoms with Crippen molar-refractivity contribution in [3.05, 3.63) is 64.0 Å². The summed E-state index contributed by atoms with van der Waals surface area (Å²) in [6, 6.07) is 6.16. The predicted molar refractivity (Wildman–Crippen MR) is 142 cm³/mol. The van der Waals surface area contributed by atoms with Crippen LogP contribution in [-0.4, -0.2) is 70.4 Å². The van der Waals surface area contributed by atoms with E-state index in [1.807, 2.05) is 0 Å². The molecule has 0 aliphatic rings. The summed E-state index contributed by atoms with van der Waals surface area (Å²) in [5.41, 5.74) is -0.311. The Bertz CT molecular complexity index is 1470. The van der Waals surface area contributed by atoms with Crippen LogP contribution in [0.5, 0.6) is 5.75 Å². The number of pyridine rings is 1. The first-order chi connectivity index (χ1) is 18.8. The van der Waals surface area contributed by atoms with Crippen LogP contribution in [0.15, 0.2) is 53.5 Å². The van der Waals surface area contributed by atoms with Crippen LogP contribution in [0.4, 0.5) is 23.7 Å². The highest BCUT2D eigenvalue weighted by molar-refractivity contribution is 7.19. The van der Waals surface area contributed by atoms with Gasteiger partial charge in [0.25, 0.3) is 5.56 Å². The smallest absolute Gasteiger partial charge is 0.422 e. The van der Waals surface area contributed by atoms with Gasteiger partial charge in [0.2, 0.25) is 11.8 Å². The van der Waals surface area contributed by atoms with E-state index in [1.165, 1.54) is 52.1 Å². The standard InChI is InChI=1S/C25H26F3N5O6S/c1-32(2)20(34)11-4-3-7-16(31-24(37)38)22(35)30-17-9-6-12-33(23(17)36)13-19-29-15-8-5-10-18(21(15)40-19)39-14-25(26,27)28/h4-6,8-12,16,31H,3,7,13-14H2,1-2H3,(H,30,35)(H,37,38). The quantitative estimate of drug-likeness (QED) is 0.295. The van der Waals surface area contributed by atoms with Crippen molar-refractivity contribution in [3.63, 3.8) is 0 Å². The summed E-state index contributed by atoms with van der Waals surface area (Å²) in [5, 5.41) is 14.1. The molecule has 214 valence electrons. The van der Waals surface area contributed by atoms with E-state index in [-0.39, 0.29) is 36.7 Å². The van der Waals surface area contributed by atoms with E-state index >= 15 is 0 Å². The number of likely N-dealkylation sites (N-methyl/N-ethyl adjacent to an activating group) is 1. The van der Waals surface area contributed by atoms with E-state index in [9.17, 15) is 32.3 Å². The summed E-state index contributed by atoms with van der Waals surface area (Å²) in [4.78, 5) is 54.4. The Morgan fingerprint density at radius 1 is 1.23 bits per heavy atom. The number of alkyl halides is 3. The van der Waals surface area contributed by atoms with Crippen LogP contribution in [0.25, 0.3) is 10.2 Å². The fourth-order valence-corrected chi connectivity index (χ4v) is 4.48. The number of nitrogens with zero attached hydrogens (tertiary/aromatic N) is 3. The minimum atomic E-state index is -4.51. The van der Waals surface area contributed by atoms with Crippen LogP contribution in [0, 0.1) is 0 Å². The van der Waals surface area contributed by atoms with Gasteiger partial charge in [-0.3, -0.25) is 14.4 Å². The fourth-order valence-electron chi connectivity index (χ4n) is 3.45. The van der Waals surface area contributed by atoms with Crippen LogP contribution >= 0.6 is 11.3 Å². The maximum absolute atomic E-state index is 13.0. The Morgan fingerprint density at radius 2 is 1.98 bits per heavy atom. The zero-order valence-electron chi connectivity index (χ0n) is 21.4. The minimum absolute atomic E-state index is 0.0184. The molecule has 0 saturated carbocycles. The normalized spacial score (nSPS) is 12.3. The third-order valence-electron chi connectivity index (χ3n) is 5.34. The van der Waals surface area contributed by atoms with Crippen molar-refractivity contribution in [1.82, 2.24) is 19.8 Å². The average molecular weight is 582 g/mol. The predicted octanol–water partition coefficient (Wildman–Crippen LogP) is 3.45. The molecular weight excluding hydrogens is 555 g/mol. The molecule has 1 unspecified atom stereocenters. The molecule has 3 N–H and O–H groups in total. The molecule has 0 aliphatic carbocycles. The second-order valence-electron chi connectivity index (χ2n) is 8.67. The number of halogens is 3. The van der Waals surface area contributed by atoms with Crippen LogP contribution in [0.2, 0.25) is 0 Å². The molecule has 3 aromatic rings. The number of benzene rings is 1. The van der Waals surface area contributed by atoms with Gasteiger partial charge in [-0.25, -0.2) is 9.78 Å². The number of carbonyl (C=O) groups is 3. The molecule has 3 amide bonds. The van der Waals surface area contributed by atoms with Gasteiger partial charge in [0, 0.05) is 20.3 Å². The number of ether oxygens (including phenoxy) is 1. The minimum Gasteiger partial charge on any atom is -0.483 e. The molecule has 40 heavy (non-hydrogen) atoms. The van der Waals surface area contributed by atoms with Crippen molar-refractivity contribution < 1.29 is 37.4 Å². The highest BCUT2D eigenvalue weighted by atomic mass is 32.1. The summed E-state index contributed by atoms with van der Waals surface area (Å²) in [5.74, 6) is -1.02. The van der Waals surface area contributed by atoms with E-state index in [0.717, 1.165) is 11.3 Å². The van der Waals surface area contributed by atoms with E-state index in [4.69, 9.17) is 9.84 Å². The van der Waals surface area contributed by atoms with Crippen molar-refractivity contribution in [3.8, 4) is 5.75 Å². The van der Waals surface area contributed by atoms with E-state index in [2.05, 4.69) is 15.6 Å². The Kier molecular flexibility index (Phi) is 9.87. The first-order valence-electron chi connectivity index (χ1n) is 11.8. The number of thiazole rings is 1. The van der Waals surface area contributed by atoms with Crippen molar-refractivity contribution in [2.24, 2.45) is 0 Å². The zero-order chi connectivity index (χ0) is 29.4. The number of anilines is 1. The van der Waals surface area contributed by atoms with E-state index in [0.29, 0.717) is 15.2 Å². The third-order valence-corrected chi connectivity index (χ3v) is 6.41.